The number of nitrogens with zero attached hydrogens (tertiary/aromatic N) is 6. The van der Waals surface area contributed by atoms with Gasteiger partial charge in [0.25, 0.3) is 0 Å². The molecular formula is C26H36AuN6O2Pr2-4. The number of hydrogen-bond acceptors (Lipinski definition) is 6. The second-order valence-corrected chi connectivity index (χ2v) is 8.22. The Morgan fingerprint density at radius 2 is 1.11 bits per heavy atom. The van der Waals surface area contributed by atoms with Gasteiger partial charge in [0.05, 0.1) is 0 Å². The normalized spacial score (nSPS) is 12.4. The molecule has 11 heteroatoms. The fraction of sp³-hybridized carbons (Fsp3) is 0.462. The van der Waals surface area contributed by atoms with E-state index in [1.54, 1.807) is 24.3 Å². The summed E-state index contributed by atoms with van der Waals surface area (Å²) in [7, 11) is 0. The minimum atomic E-state index is -0.224. The maximum atomic E-state index is 11.9. The second-order valence-electron chi connectivity index (χ2n) is 8.22. The molecule has 1 aromatic rings. The summed E-state index contributed by atoms with van der Waals surface area (Å²) < 4.78 is 0. The third-order valence-corrected chi connectivity index (χ3v) is 6.33. The van der Waals surface area contributed by atoms with Crippen LogP contribution in [0.2, 0.25) is 0 Å². The van der Waals surface area contributed by atoms with E-state index in [9.17, 15) is 9.59 Å². The van der Waals surface area contributed by atoms with E-state index in [1.807, 2.05) is 0 Å². The van der Waals surface area contributed by atoms with E-state index in [0.717, 1.165) is 52.4 Å². The Morgan fingerprint density at radius 1 is 0.730 bits per heavy atom. The Morgan fingerprint density at radius 3 is 1.46 bits per heavy atom. The van der Waals surface area contributed by atoms with Gasteiger partial charge in [0, 0.05) is 142 Å². The van der Waals surface area contributed by atoms with Crippen molar-refractivity contribution in [2.75, 3.05) is 52.4 Å². The molecule has 0 saturated carbocycles. The van der Waals surface area contributed by atoms with Crippen LogP contribution in [-0.2, 0) is 22.4 Å². The molecule has 0 saturated heterocycles. The average Bonchev–Trinajstić information content (AvgIpc) is 3.54. The van der Waals surface area contributed by atoms with Crippen LogP contribution < -0.4 is 20.8 Å². The van der Waals surface area contributed by atoms with Crippen LogP contribution in [0.3, 0.4) is 0 Å². The number of hydrogen-bond donors (Lipinski definition) is 0. The molecule has 0 amide bonds. The maximum absolute atomic E-state index is 11.9. The summed E-state index contributed by atoms with van der Waals surface area (Å²) in [5.74, 6) is 0. The van der Waals surface area contributed by atoms with E-state index in [0.29, 0.717) is 10.8 Å². The summed E-state index contributed by atoms with van der Waals surface area (Å²) in [5.41, 5.74) is -0.449. The van der Waals surface area contributed by atoms with Crippen molar-refractivity contribution in [3.63, 3.8) is 0 Å². The Kier molecular flexibility index (Phi) is 19.8. The molecule has 0 aromatic heterocycles. The molecule has 37 heavy (non-hydrogen) atoms. The largest absolute Gasteiger partial charge is 0.806 e. The van der Waals surface area contributed by atoms with Gasteiger partial charge in [-0.25, -0.2) is 0 Å². The Balaban J connectivity index is 0.000000658. The molecule has 0 spiro atoms. The molecule has 0 bridgehead atoms. The molecule has 1 aliphatic carbocycles. The summed E-state index contributed by atoms with van der Waals surface area (Å²) in [6.45, 7) is 20.1. The quantitative estimate of drug-likeness (QED) is 0.226. The number of likely N-dealkylation sites (N-methyl/N-ethyl adjacent to an activating group) is 2. The number of benzene rings is 1. The zero-order valence-corrected chi connectivity index (χ0v) is 31.8. The number of rotatable bonds is 10. The SMILES string of the molecule is CCN(CC)CCN1C=CN(CCN(CC)CC)[CH-]1.O=c1c2[n-][cH-][n-]c=2c(=O)c2ccccc12.[Au].[Pr].[Pr]. The van der Waals surface area contributed by atoms with Crippen molar-refractivity contribution in [2.24, 2.45) is 0 Å². The van der Waals surface area contributed by atoms with Crippen LogP contribution in [0.25, 0.3) is 10.8 Å². The van der Waals surface area contributed by atoms with Gasteiger partial charge in [-0.05, 0) is 38.6 Å². The smallest absolute Gasteiger partial charge is 0.104 e. The molecule has 3 aliphatic rings. The first-order chi connectivity index (χ1) is 16.5. The summed E-state index contributed by atoms with van der Waals surface area (Å²) in [5, 5.41) is 1.16. The third kappa shape index (κ3) is 10.4. The molecule has 2 aliphatic heterocycles. The molecule has 2 heterocycles. The molecule has 8 nitrogen and oxygen atoms in total. The number of aromatic nitrogens is 2. The summed E-state index contributed by atoms with van der Waals surface area (Å²) in [6, 6.07) is 6.72. The van der Waals surface area contributed by atoms with Gasteiger partial charge in [0.1, 0.15) is 10.9 Å². The molecule has 4 rings (SSSR count). The first kappa shape index (κ1) is 37.5. The van der Waals surface area contributed by atoms with E-state index in [1.165, 1.54) is 6.33 Å². The van der Waals surface area contributed by atoms with Gasteiger partial charge in [-0.15, -0.1) is 0 Å². The minimum Gasteiger partial charge on any atom is -0.806 e. The van der Waals surface area contributed by atoms with Gasteiger partial charge in [-0.2, -0.15) is 6.67 Å². The summed E-state index contributed by atoms with van der Waals surface area (Å²) in [4.78, 5) is 40.8. The van der Waals surface area contributed by atoms with Gasteiger partial charge < -0.3 is 45.5 Å². The van der Waals surface area contributed by atoms with Crippen molar-refractivity contribution in [1.82, 2.24) is 29.6 Å². The predicted molar refractivity (Wildman–Crippen MR) is 136 cm³/mol. The van der Waals surface area contributed by atoms with Crippen molar-refractivity contribution in [2.45, 2.75) is 27.7 Å². The van der Waals surface area contributed by atoms with Crippen LogP contribution in [0.15, 0.2) is 52.6 Å². The van der Waals surface area contributed by atoms with Gasteiger partial charge in [-0.3, -0.25) is 10.7 Å². The molecule has 0 N–H and O–H groups in total. The Hall–Kier alpha value is 0.498. The second kappa shape index (κ2) is 19.6. The molecule has 0 unspecified atom stereocenters. The van der Waals surface area contributed by atoms with Gasteiger partial charge in [0.15, 0.2) is 0 Å². The van der Waals surface area contributed by atoms with Crippen LogP contribution in [0.1, 0.15) is 27.7 Å². The summed E-state index contributed by atoms with van der Waals surface area (Å²) in [6.07, 6.45) is 5.61. The van der Waals surface area contributed by atoms with Gasteiger partial charge >= 0.3 is 0 Å². The third-order valence-electron chi connectivity index (χ3n) is 6.33. The minimum absolute atomic E-state index is 0. The van der Waals surface area contributed by atoms with Crippen molar-refractivity contribution in [3.05, 3.63) is 80.8 Å². The fourth-order valence-corrected chi connectivity index (χ4v) is 4.03. The van der Waals surface area contributed by atoms with Gasteiger partial charge in [-0.1, -0.05) is 52.0 Å². The first-order valence-corrected chi connectivity index (χ1v) is 12.2. The molecular weight excluding hydrogens is 907 g/mol. The molecule has 0 fully saturated rings. The van der Waals surface area contributed by atoms with Gasteiger partial charge in [0.2, 0.25) is 0 Å². The van der Waals surface area contributed by atoms with Crippen LogP contribution in [0.4, 0.5) is 0 Å². The van der Waals surface area contributed by atoms with E-state index in [2.05, 4.69) is 76.3 Å². The summed E-state index contributed by atoms with van der Waals surface area (Å²) >= 11 is 0. The topological polar surface area (TPSA) is 75.3 Å². The molecule has 203 valence electrons. The Labute approximate surface area is 302 Å². The van der Waals surface area contributed by atoms with Crippen LogP contribution >= 0.6 is 0 Å². The van der Waals surface area contributed by atoms with Crippen molar-refractivity contribution in [1.29, 1.82) is 0 Å². The molecule has 1 aromatic carbocycles. The molecule has 0 atom stereocenters. The van der Waals surface area contributed by atoms with E-state index in [4.69, 9.17) is 0 Å². The zero-order chi connectivity index (χ0) is 24.5. The standard InChI is InChI=1S/C15H31N4.C11H5N2O2.Au.2Pr/c1-5-16(6-2)9-11-18-13-14-19(15-18)12-10-17(7-3)8-4;14-10-6-3-1-2-4-7(6)11(15)9-8(10)12-5-13-9;;;/h13-15H,5-12H2,1-4H3;1-5H;;;/q-1;-3;;;. The van der Waals surface area contributed by atoms with Crippen molar-refractivity contribution < 1.29 is 105 Å². The maximum Gasteiger partial charge on any atom is 0.104 e. The number of fused-ring (bicyclic) bond motifs is 1. The first-order valence-electron chi connectivity index (χ1n) is 12.2. The van der Waals surface area contributed by atoms with Crippen LogP contribution in [-0.4, -0.2) is 72.0 Å². The fourth-order valence-electron chi connectivity index (χ4n) is 4.03. The monoisotopic (exact) mass is 943 g/mol. The van der Waals surface area contributed by atoms with E-state index >= 15 is 0 Å². The zero-order valence-electron chi connectivity index (χ0n) is 22.2. The van der Waals surface area contributed by atoms with Crippen molar-refractivity contribution in [3.8, 4) is 0 Å². The Bertz CT molecular complexity index is 1150. The van der Waals surface area contributed by atoms with Crippen LogP contribution in [0.5, 0.6) is 0 Å². The predicted octanol–water partition coefficient (Wildman–Crippen LogP) is 1.79. The van der Waals surface area contributed by atoms with Crippen LogP contribution in [0, 0.1) is 100.0 Å². The van der Waals surface area contributed by atoms with E-state index in [-0.39, 0.29) is 127 Å². The van der Waals surface area contributed by atoms with E-state index < -0.39 is 0 Å². The molecule has 3 radical (unpaired) electrons. The average molecular weight is 943 g/mol. The van der Waals surface area contributed by atoms with Crippen molar-refractivity contribution >= 4 is 10.8 Å².